The molecule has 0 heterocycles. The number of sulfone groups is 1. The van der Waals surface area contributed by atoms with Crippen LogP contribution in [0.15, 0.2) is 95.9 Å². The SMILES string of the molecule is CC(CS(=O)(=O)c1ccccc1)NCCC(c1ccccc1)c1ccccc1.Cl. The summed E-state index contributed by atoms with van der Waals surface area (Å²) in [6, 6.07) is 29.5. The first-order valence-corrected chi connectivity index (χ1v) is 11.3. The summed E-state index contributed by atoms with van der Waals surface area (Å²) in [5.41, 5.74) is 2.56. The van der Waals surface area contributed by atoms with E-state index in [2.05, 4.69) is 53.8 Å². The second-order valence-corrected chi connectivity index (χ2v) is 9.15. The smallest absolute Gasteiger partial charge is 0.179 e. The molecule has 0 fully saturated rings. The molecule has 1 atom stereocenters. The summed E-state index contributed by atoms with van der Waals surface area (Å²) in [5.74, 6) is 0.381. The fourth-order valence-electron chi connectivity index (χ4n) is 3.48. The van der Waals surface area contributed by atoms with Gasteiger partial charge in [0.15, 0.2) is 9.84 Å². The van der Waals surface area contributed by atoms with Crippen LogP contribution in [0.2, 0.25) is 0 Å². The molecule has 3 nitrogen and oxygen atoms in total. The summed E-state index contributed by atoms with van der Waals surface area (Å²) < 4.78 is 25.1. The molecule has 0 aliphatic carbocycles. The van der Waals surface area contributed by atoms with Crippen molar-refractivity contribution in [2.75, 3.05) is 12.3 Å². The lowest BCUT2D eigenvalue weighted by Gasteiger charge is -2.20. The molecule has 0 aromatic heterocycles. The van der Waals surface area contributed by atoms with E-state index >= 15 is 0 Å². The minimum Gasteiger partial charge on any atom is -0.313 e. The van der Waals surface area contributed by atoms with Crippen LogP contribution in [-0.4, -0.2) is 26.8 Å². The Balaban J connectivity index is 0.00000300. The van der Waals surface area contributed by atoms with Gasteiger partial charge in [0.05, 0.1) is 10.6 Å². The summed E-state index contributed by atoms with van der Waals surface area (Å²) in [6.45, 7) is 2.68. The highest BCUT2D eigenvalue weighted by atomic mass is 35.5. The summed E-state index contributed by atoms with van der Waals surface area (Å²) >= 11 is 0. The van der Waals surface area contributed by atoms with Crippen molar-refractivity contribution in [1.82, 2.24) is 5.32 Å². The van der Waals surface area contributed by atoms with E-state index in [1.54, 1.807) is 24.3 Å². The summed E-state index contributed by atoms with van der Waals surface area (Å²) in [4.78, 5) is 0.384. The highest BCUT2D eigenvalue weighted by molar-refractivity contribution is 7.91. The summed E-state index contributed by atoms with van der Waals surface area (Å²) in [7, 11) is -3.28. The van der Waals surface area contributed by atoms with Gasteiger partial charge in [-0.25, -0.2) is 8.42 Å². The van der Waals surface area contributed by atoms with Crippen LogP contribution in [0.3, 0.4) is 0 Å². The van der Waals surface area contributed by atoms with Gasteiger partial charge in [-0.3, -0.25) is 0 Å². The molecule has 0 aliphatic rings. The third-order valence-electron chi connectivity index (χ3n) is 4.90. The second-order valence-electron chi connectivity index (χ2n) is 7.11. The van der Waals surface area contributed by atoms with Crippen LogP contribution in [0.1, 0.15) is 30.4 Å². The van der Waals surface area contributed by atoms with Crippen LogP contribution in [0.25, 0.3) is 0 Å². The monoisotopic (exact) mass is 429 g/mol. The van der Waals surface area contributed by atoms with Crippen molar-refractivity contribution in [3.8, 4) is 0 Å². The molecule has 1 unspecified atom stereocenters. The number of benzene rings is 3. The van der Waals surface area contributed by atoms with Gasteiger partial charge >= 0.3 is 0 Å². The second kappa shape index (κ2) is 11.1. The normalized spacial score (nSPS) is 12.3. The van der Waals surface area contributed by atoms with Crippen molar-refractivity contribution in [3.63, 3.8) is 0 Å². The summed E-state index contributed by atoms with van der Waals surface area (Å²) in [6.07, 6.45) is 0.906. The quantitative estimate of drug-likeness (QED) is 0.515. The number of rotatable bonds is 9. The van der Waals surface area contributed by atoms with E-state index in [4.69, 9.17) is 0 Å². The Morgan fingerprint density at radius 3 is 1.69 bits per heavy atom. The zero-order valence-electron chi connectivity index (χ0n) is 16.6. The predicted octanol–water partition coefficient (Wildman–Crippen LogP) is 5.08. The molecule has 0 spiro atoms. The molecular formula is C24H28ClNO2S. The van der Waals surface area contributed by atoms with E-state index in [1.807, 2.05) is 25.1 Å². The van der Waals surface area contributed by atoms with Gasteiger partial charge in [-0.1, -0.05) is 78.9 Å². The van der Waals surface area contributed by atoms with E-state index in [-0.39, 0.29) is 30.1 Å². The first kappa shape index (κ1) is 23.1. The Morgan fingerprint density at radius 2 is 1.21 bits per heavy atom. The maximum Gasteiger partial charge on any atom is 0.179 e. The van der Waals surface area contributed by atoms with Gasteiger partial charge in [0.25, 0.3) is 0 Å². The van der Waals surface area contributed by atoms with E-state index in [0.29, 0.717) is 4.90 Å². The highest BCUT2D eigenvalue weighted by Crippen LogP contribution is 2.27. The number of hydrogen-bond acceptors (Lipinski definition) is 3. The first-order valence-electron chi connectivity index (χ1n) is 9.67. The largest absolute Gasteiger partial charge is 0.313 e. The zero-order chi connectivity index (χ0) is 19.8. The molecule has 5 heteroatoms. The van der Waals surface area contributed by atoms with Crippen LogP contribution < -0.4 is 5.32 Å². The third kappa shape index (κ3) is 6.70. The van der Waals surface area contributed by atoms with Gasteiger partial charge in [0.2, 0.25) is 0 Å². The van der Waals surface area contributed by atoms with Gasteiger partial charge in [0.1, 0.15) is 0 Å². The van der Waals surface area contributed by atoms with Crippen molar-refractivity contribution < 1.29 is 8.42 Å². The molecule has 3 aromatic rings. The number of hydrogen-bond donors (Lipinski definition) is 1. The fraction of sp³-hybridized carbons (Fsp3) is 0.250. The van der Waals surface area contributed by atoms with Crippen molar-refractivity contribution in [3.05, 3.63) is 102 Å². The van der Waals surface area contributed by atoms with Crippen LogP contribution in [-0.2, 0) is 9.84 Å². The molecule has 0 saturated carbocycles. The highest BCUT2D eigenvalue weighted by Gasteiger charge is 2.19. The average Bonchev–Trinajstić information content (AvgIpc) is 2.73. The zero-order valence-corrected chi connectivity index (χ0v) is 18.2. The molecule has 154 valence electrons. The Bertz CT molecular complexity index is 908. The lowest BCUT2D eigenvalue weighted by Crippen LogP contribution is -2.34. The van der Waals surface area contributed by atoms with Gasteiger partial charge < -0.3 is 5.32 Å². The molecule has 0 aliphatic heterocycles. The van der Waals surface area contributed by atoms with Crippen LogP contribution >= 0.6 is 12.4 Å². The standard InChI is InChI=1S/C24H27NO2S.ClH/c1-20(19-28(26,27)23-15-9-4-10-16-23)25-18-17-24(21-11-5-2-6-12-21)22-13-7-3-8-14-22;/h2-16,20,24-25H,17-19H2,1H3;1H. The van der Waals surface area contributed by atoms with Crippen LogP contribution in [0.4, 0.5) is 0 Å². The molecule has 1 N–H and O–H groups in total. The lowest BCUT2D eigenvalue weighted by molar-refractivity contribution is 0.536. The topological polar surface area (TPSA) is 46.2 Å². The van der Waals surface area contributed by atoms with E-state index in [0.717, 1.165) is 13.0 Å². The van der Waals surface area contributed by atoms with Crippen molar-refractivity contribution in [1.29, 1.82) is 0 Å². The Labute approximate surface area is 180 Å². The van der Waals surface area contributed by atoms with Gasteiger partial charge in [-0.05, 0) is 43.1 Å². The van der Waals surface area contributed by atoms with Gasteiger partial charge in [0, 0.05) is 12.0 Å². The van der Waals surface area contributed by atoms with Gasteiger partial charge in [-0.2, -0.15) is 0 Å². The third-order valence-corrected chi connectivity index (χ3v) is 6.83. The Hall–Kier alpha value is -2.14. The molecule has 3 aromatic carbocycles. The Kier molecular flexibility index (Phi) is 8.90. The maximum atomic E-state index is 12.5. The van der Waals surface area contributed by atoms with Crippen molar-refractivity contribution in [2.45, 2.75) is 30.2 Å². The first-order chi connectivity index (χ1) is 13.6. The lowest BCUT2D eigenvalue weighted by atomic mass is 9.88. The van der Waals surface area contributed by atoms with E-state index in [1.165, 1.54) is 11.1 Å². The molecule has 0 radical (unpaired) electrons. The average molecular weight is 430 g/mol. The Morgan fingerprint density at radius 1 is 0.759 bits per heavy atom. The van der Waals surface area contributed by atoms with Crippen molar-refractivity contribution in [2.24, 2.45) is 0 Å². The van der Waals surface area contributed by atoms with Crippen molar-refractivity contribution >= 4 is 22.2 Å². The molecular weight excluding hydrogens is 402 g/mol. The minimum absolute atomic E-state index is 0. The number of halogens is 1. The minimum atomic E-state index is -3.28. The molecule has 0 bridgehead atoms. The van der Waals surface area contributed by atoms with E-state index < -0.39 is 9.84 Å². The molecule has 0 amide bonds. The molecule has 29 heavy (non-hydrogen) atoms. The molecule has 3 rings (SSSR count). The van der Waals surface area contributed by atoms with Crippen LogP contribution in [0.5, 0.6) is 0 Å². The van der Waals surface area contributed by atoms with Crippen LogP contribution in [0, 0.1) is 0 Å². The van der Waals surface area contributed by atoms with Gasteiger partial charge in [-0.15, -0.1) is 12.4 Å². The predicted molar refractivity (Wildman–Crippen MR) is 123 cm³/mol. The molecule has 0 saturated heterocycles. The maximum absolute atomic E-state index is 12.5. The summed E-state index contributed by atoms with van der Waals surface area (Å²) in [5, 5.41) is 3.40. The fourth-order valence-corrected chi connectivity index (χ4v) is 5.02. The number of nitrogens with one attached hydrogen (secondary N) is 1. The van der Waals surface area contributed by atoms with E-state index in [9.17, 15) is 8.42 Å².